The van der Waals surface area contributed by atoms with Crippen molar-refractivity contribution in [1.29, 1.82) is 0 Å². The Bertz CT molecular complexity index is 563. The number of benzene rings is 1. The molecule has 0 unspecified atom stereocenters. The molecule has 0 fully saturated rings. The summed E-state index contributed by atoms with van der Waals surface area (Å²) in [6.45, 7) is 3.73. The lowest BCUT2D eigenvalue weighted by Gasteiger charge is -2.06. The van der Waals surface area contributed by atoms with Gasteiger partial charge in [0.15, 0.2) is 0 Å². The summed E-state index contributed by atoms with van der Waals surface area (Å²) in [5.41, 5.74) is 0. The molecule has 0 aliphatic heterocycles. The van der Waals surface area contributed by atoms with Gasteiger partial charge in [-0.15, -0.1) is 0 Å². The van der Waals surface area contributed by atoms with Crippen LogP contribution in [0.15, 0.2) is 58.0 Å². The second-order valence-electron chi connectivity index (χ2n) is 3.94. The molecule has 5 nitrogen and oxygen atoms in total. The fraction of sp³-hybridized carbons (Fsp3) is 0.250. The molecule has 0 saturated carbocycles. The molecule has 1 aromatic carbocycles. The summed E-state index contributed by atoms with van der Waals surface area (Å²) in [4.78, 5) is 24.3. The smallest absolute Gasteiger partial charge is 0.373 e. The van der Waals surface area contributed by atoms with Gasteiger partial charge in [-0.3, -0.25) is 0 Å². The Morgan fingerprint density at radius 3 is 2.23 bits per heavy atom. The van der Waals surface area contributed by atoms with Crippen molar-refractivity contribution in [3.63, 3.8) is 0 Å². The van der Waals surface area contributed by atoms with Crippen LogP contribution >= 0.6 is 11.8 Å². The lowest BCUT2D eigenvalue weighted by atomic mass is 10.4. The Labute approximate surface area is 133 Å². The molecule has 0 aliphatic rings. The summed E-state index contributed by atoms with van der Waals surface area (Å²) in [6, 6.07) is 9.23. The summed E-state index contributed by atoms with van der Waals surface area (Å²) in [5, 5.41) is 9.56. The zero-order valence-electron chi connectivity index (χ0n) is 12.4. The maximum absolute atomic E-state index is 11.9. The fourth-order valence-corrected chi connectivity index (χ4v) is 2.21. The standard InChI is InChI=1S/C16H18O5S/c1-3-20-15(18)13(17)10-11-14(16(19)21-4-2)22-12-8-6-5-7-9-12/h5-11,17H,3-4H2,1-2H3/b13-10-,14-11+. The minimum Gasteiger partial charge on any atom is -0.502 e. The number of carbonyl (C=O) groups excluding carboxylic acids is 2. The number of rotatable bonds is 7. The largest absolute Gasteiger partial charge is 0.502 e. The van der Waals surface area contributed by atoms with E-state index in [1.807, 2.05) is 30.3 Å². The minimum atomic E-state index is -0.841. The molecule has 0 aromatic heterocycles. The number of hydrogen-bond donors (Lipinski definition) is 1. The number of hydrogen-bond acceptors (Lipinski definition) is 6. The van der Waals surface area contributed by atoms with E-state index in [1.54, 1.807) is 13.8 Å². The van der Waals surface area contributed by atoms with E-state index in [4.69, 9.17) is 4.74 Å². The molecule has 6 heteroatoms. The van der Waals surface area contributed by atoms with Crippen LogP contribution in [0.5, 0.6) is 0 Å². The van der Waals surface area contributed by atoms with Crippen LogP contribution in [0.25, 0.3) is 0 Å². The highest BCUT2D eigenvalue weighted by Gasteiger charge is 2.13. The van der Waals surface area contributed by atoms with E-state index in [1.165, 1.54) is 17.8 Å². The zero-order valence-corrected chi connectivity index (χ0v) is 13.3. The number of carbonyl (C=O) groups is 2. The topological polar surface area (TPSA) is 72.8 Å². The van der Waals surface area contributed by atoms with Crippen molar-refractivity contribution in [3.05, 3.63) is 53.1 Å². The second kappa shape index (κ2) is 9.68. The average molecular weight is 322 g/mol. The van der Waals surface area contributed by atoms with E-state index in [0.29, 0.717) is 0 Å². The molecule has 1 aromatic rings. The van der Waals surface area contributed by atoms with Gasteiger partial charge in [0.2, 0.25) is 5.76 Å². The predicted octanol–water partition coefficient (Wildman–Crippen LogP) is 3.23. The number of allylic oxidation sites excluding steroid dienone is 2. The van der Waals surface area contributed by atoms with E-state index in [9.17, 15) is 14.7 Å². The van der Waals surface area contributed by atoms with E-state index in [-0.39, 0.29) is 18.1 Å². The normalized spacial score (nSPS) is 11.9. The first-order valence-electron chi connectivity index (χ1n) is 6.76. The van der Waals surface area contributed by atoms with Crippen LogP contribution in [-0.4, -0.2) is 30.3 Å². The van der Waals surface area contributed by atoms with Gasteiger partial charge in [0.25, 0.3) is 0 Å². The van der Waals surface area contributed by atoms with Gasteiger partial charge in [0, 0.05) is 4.90 Å². The van der Waals surface area contributed by atoms with Gasteiger partial charge >= 0.3 is 11.9 Å². The molecule has 0 heterocycles. The molecule has 1 rings (SSSR count). The Morgan fingerprint density at radius 1 is 1.05 bits per heavy atom. The average Bonchev–Trinajstić information content (AvgIpc) is 2.52. The van der Waals surface area contributed by atoms with Gasteiger partial charge in [-0.1, -0.05) is 30.0 Å². The van der Waals surface area contributed by atoms with Crippen molar-refractivity contribution in [1.82, 2.24) is 0 Å². The van der Waals surface area contributed by atoms with Crippen LogP contribution in [-0.2, 0) is 19.1 Å². The molecule has 0 bridgehead atoms. The quantitative estimate of drug-likeness (QED) is 0.273. The molecule has 0 atom stereocenters. The van der Waals surface area contributed by atoms with Crippen molar-refractivity contribution in [2.75, 3.05) is 13.2 Å². The van der Waals surface area contributed by atoms with Gasteiger partial charge in [-0.05, 0) is 38.1 Å². The molecule has 118 valence electrons. The number of aliphatic hydroxyl groups excluding tert-OH is 1. The third-order valence-corrected chi connectivity index (χ3v) is 3.36. The van der Waals surface area contributed by atoms with Gasteiger partial charge in [0.1, 0.15) is 0 Å². The van der Waals surface area contributed by atoms with Crippen LogP contribution in [0, 0.1) is 0 Å². The summed E-state index contributed by atoms with van der Waals surface area (Å²) in [7, 11) is 0. The molecule has 22 heavy (non-hydrogen) atoms. The molecular weight excluding hydrogens is 304 g/mol. The van der Waals surface area contributed by atoms with Crippen molar-refractivity contribution in [2.24, 2.45) is 0 Å². The summed E-state index contributed by atoms with van der Waals surface area (Å²) >= 11 is 1.18. The summed E-state index contributed by atoms with van der Waals surface area (Å²) in [5.74, 6) is -1.94. The molecule has 0 amide bonds. The Kier molecular flexibility index (Phi) is 7.85. The van der Waals surface area contributed by atoms with Crippen molar-refractivity contribution >= 4 is 23.7 Å². The van der Waals surface area contributed by atoms with Crippen LogP contribution < -0.4 is 0 Å². The highest BCUT2D eigenvalue weighted by atomic mass is 32.2. The van der Waals surface area contributed by atoms with Crippen LogP contribution in [0.3, 0.4) is 0 Å². The first-order valence-corrected chi connectivity index (χ1v) is 7.58. The van der Waals surface area contributed by atoms with Gasteiger partial charge in [0.05, 0.1) is 18.1 Å². The second-order valence-corrected chi connectivity index (χ2v) is 5.05. The molecule has 0 aliphatic carbocycles. The summed E-state index contributed by atoms with van der Waals surface area (Å²) in [6.07, 6.45) is 2.46. The predicted molar refractivity (Wildman–Crippen MR) is 84.4 cm³/mol. The molecule has 0 spiro atoms. The van der Waals surface area contributed by atoms with Gasteiger partial charge in [-0.2, -0.15) is 0 Å². The van der Waals surface area contributed by atoms with Crippen LogP contribution in [0.2, 0.25) is 0 Å². The number of thioether (sulfide) groups is 1. The minimum absolute atomic E-state index is 0.157. The first kappa shape index (κ1) is 17.8. The number of aliphatic hydroxyl groups is 1. The fourth-order valence-electron chi connectivity index (χ4n) is 1.39. The van der Waals surface area contributed by atoms with Crippen LogP contribution in [0.1, 0.15) is 13.8 Å². The van der Waals surface area contributed by atoms with Gasteiger partial charge in [-0.25, -0.2) is 9.59 Å². The van der Waals surface area contributed by atoms with Crippen molar-refractivity contribution < 1.29 is 24.2 Å². The zero-order chi connectivity index (χ0) is 16.4. The monoisotopic (exact) mass is 322 g/mol. The molecule has 1 N–H and O–H groups in total. The highest BCUT2D eigenvalue weighted by molar-refractivity contribution is 8.04. The lowest BCUT2D eigenvalue weighted by molar-refractivity contribution is -0.141. The highest BCUT2D eigenvalue weighted by Crippen LogP contribution is 2.27. The van der Waals surface area contributed by atoms with E-state index in [0.717, 1.165) is 11.0 Å². The Hall–Kier alpha value is -2.21. The van der Waals surface area contributed by atoms with E-state index in [2.05, 4.69) is 4.74 Å². The SMILES string of the molecule is CCOC(=O)/C(O)=C/C=C(/Sc1ccccc1)C(=O)OCC. The number of ether oxygens (including phenoxy) is 2. The third-order valence-electron chi connectivity index (χ3n) is 2.32. The Morgan fingerprint density at radius 2 is 1.64 bits per heavy atom. The molecular formula is C16H18O5S. The molecule has 0 saturated heterocycles. The van der Waals surface area contributed by atoms with E-state index < -0.39 is 17.7 Å². The third kappa shape index (κ3) is 6.05. The lowest BCUT2D eigenvalue weighted by Crippen LogP contribution is -2.07. The maximum Gasteiger partial charge on any atom is 0.373 e. The number of esters is 2. The van der Waals surface area contributed by atoms with Crippen LogP contribution in [0.4, 0.5) is 0 Å². The van der Waals surface area contributed by atoms with E-state index >= 15 is 0 Å². The summed E-state index contributed by atoms with van der Waals surface area (Å²) < 4.78 is 9.61. The van der Waals surface area contributed by atoms with Crippen molar-refractivity contribution in [2.45, 2.75) is 18.7 Å². The van der Waals surface area contributed by atoms with Gasteiger partial charge < -0.3 is 14.6 Å². The first-order chi connectivity index (χ1) is 10.6. The van der Waals surface area contributed by atoms with Crippen molar-refractivity contribution in [3.8, 4) is 0 Å². The Balaban J connectivity index is 2.94. The molecule has 0 radical (unpaired) electrons. The maximum atomic E-state index is 11.9.